The Balaban J connectivity index is 2.26. The van der Waals surface area contributed by atoms with E-state index in [0.717, 1.165) is 12.1 Å². The minimum atomic E-state index is -4.72. The first-order chi connectivity index (χ1) is 8.84. The van der Waals surface area contributed by atoms with Crippen LogP contribution in [-0.4, -0.2) is 22.4 Å². The number of hydrogen-bond donors (Lipinski definition) is 1. The van der Waals surface area contributed by atoms with Crippen LogP contribution in [0.3, 0.4) is 0 Å². The number of carbonyl (C=O) groups is 1. The third-order valence-electron chi connectivity index (χ3n) is 2.12. The van der Waals surface area contributed by atoms with Crippen LogP contribution in [-0.2, 0) is 11.0 Å². The zero-order valence-corrected chi connectivity index (χ0v) is 10.0. The Morgan fingerprint density at radius 2 is 2.11 bits per heavy atom. The van der Waals surface area contributed by atoms with Gasteiger partial charge in [-0.25, -0.2) is 4.98 Å². The number of aromatic nitrogens is 2. The average Bonchev–Trinajstić information content (AvgIpc) is 2.26. The van der Waals surface area contributed by atoms with Crippen molar-refractivity contribution in [3.63, 3.8) is 0 Å². The number of nitrogens with zero attached hydrogens (tertiary/aromatic N) is 2. The summed E-state index contributed by atoms with van der Waals surface area (Å²) in [5.41, 5.74) is 0. The molecule has 0 spiro atoms. The van der Waals surface area contributed by atoms with Crippen LogP contribution >= 0.6 is 11.6 Å². The van der Waals surface area contributed by atoms with Gasteiger partial charge in [0.25, 0.3) is 0 Å². The molecule has 102 valence electrons. The first-order valence-corrected chi connectivity index (χ1v) is 5.50. The normalized spacial score (nSPS) is 15.8. The standard InChI is InChI=1S/C10H7ClF3N3O2/c11-6-4-8(17-9(16-6)10(12,13)14)19-5-1-2-15-7(18)3-5/h3-4H,1-2H2,(H,15,18). The van der Waals surface area contributed by atoms with Crippen LogP contribution in [0.15, 0.2) is 17.9 Å². The van der Waals surface area contributed by atoms with Gasteiger partial charge in [-0.15, -0.1) is 0 Å². The zero-order valence-electron chi connectivity index (χ0n) is 9.29. The lowest BCUT2D eigenvalue weighted by Crippen LogP contribution is -2.28. The third-order valence-corrected chi connectivity index (χ3v) is 2.32. The minimum absolute atomic E-state index is 0.214. The molecule has 2 heterocycles. The topological polar surface area (TPSA) is 64.1 Å². The van der Waals surface area contributed by atoms with E-state index < -0.39 is 17.2 Å². The predicted octanol–water partition coefficient (Wildman–Crippen LogP) is 1.93. The summed E-state index contributed by atoms with van der Waals surface area (Å²) in [5, 5.41) is 2.12. The van der Waals surface area contributed by atoms with Crippen molar-refractivity contribution in [1.82, 2.24) is 15.3 Å². The second kappa shape index (κ2) is 5.04. The molecule has 0 fully saturated rings. The number of hydrogen-bond acceptors (Lipinski definition) is 4. The van der Waals surface area contributed by atoms with Crippen LogP contribution in [0.4, 0.5) is 13.2 Å². The summed E-state index contributed by atoms with van der Waals surface area (Å²) in [4.78, 5) is 17.3. The maximum absolute atomic E-state index is 12.5. The molecule has 19 heavy (non-hydrogen) atoms. The van der Waals surface area contributed by atoms with Crippen molar-refractivity contribution in [3.05, 3.63) is 28.9 Å². The van der Waals surface area contributed by atoms with E-state index in [0.29, 0.717) is 13.0 Å². The van der Waals surface area contributed by atoms with Gasteiger partial charge in [-0.2, -0.15) is 18.2 Å². The van der Waals surface area contributed by atoms with Gasteiger partial charge in [-0.3, -0.25) is 4.79 Å². The molecular formula is C10H7ClF3N3O2. The van der Waals surface area contributed by atoms with Crippen molar-refractivity contribution in [2.75, 3.05) is 6.54 Å². The van der Waals surface area contributed by atoms with Crippen molar-refractivity contribution in [3.8, 4) is 5.88 Å². The molecule has 0 unspecified atom stereocenters. The molecule has 1 aliphatic rings. The molecule has 9 heteroatoms. The average molecular weight is 294 g/mol. The van der Waals surface area contributed by atoms with E-state index in [9.17, 15) is 18.0 Å². The smallest absolute Gasteiger partial charge is 0.443 e. The first kappa shape index (κ1) is 13.6. The molecule has 0 atom stereocenters. The highest BCUT2D eigenvalue weighted by Crippen LogP contribution is 2.29. The Morgan fingerprint density at radius 1 is 1.37 bits per heavy atom. The van der Waals surface area contributed by atoms with Gasteiger partial charge in [-0.05, 0) is 0 Å². The third kappa shape index (κ3) is 3.57. The Bertz CT molecular complexity index is 545. The maximum Gasteiger partial charge on any atom is 0.451 e. The number of nitrogens with one attached hydrogen (secondary N) is 1. The fraction of sp³-hybridized carbons (Fsp3) is 0.300. The van der Waals surface area contributed by atoms with Crippen molar-refractivity contribution in [2.24, 2.45) is 0 Å². The molecule has 1 aliphatic heterocycles. The fourth-order valence-electron chi connectivity index (χ4n) is 1.37. The lowest BCUT2D eigenvalue weighted by atomic mass is 10.2. The van der Waals surface area contributed by atoms with E-state index in [1.54, 1.807) is 0 Å². The van der Waals surface area contributed by atoms with Gasteiger partial charge in [0.1, 0.15) is 10.9 Å². The molecule has 0 saturated heterocycles. The van der Waals surface area contributed by atoms with E-state index in [-0.39, 0.29) is 17.5 Å². The van der Waals surface area contributed by atoms with E-state index in [1.165, 1.54) is 0 Å². The van der Waals surface area contributed by atoms with E-state index in [2.05, 4.69) is 15.3 Å². The number of amides is 1. The molecule has 1 N–H and O–H groups in total. The maximum atomic E-state index is 12.5. The molecule has 1 aromatic rings. The van der Waals surface area contributed by atoms with Gasteiger partial charge in [0, 0.05) is 25.1 Å². The van der Waals surface area contributed by atoms with Crippen LogP contribution in [0, 0.1) is 0 Å². The second-order valence-corrected chi connectivity index (χ2v) is 3.99. The predicted molar refractivity (Wildman–Crippen MR) is 58.4 cm³/mol. The summed E-state index contributed by atoms with van der Waals surface area (Å²) in [6, 6.07) is 1.05. The second-order valence-electron chi connectivity index (χ2n) is 3.60. The van der Waals surface area contributed by atoms with Crippen LogP contribution < -0.4 is 10.1 Å². The molecular weight excluding hydrogens is 287 g/mol. The molecule has 5 nitrogen and oxygen atoms in total. The van der Waals surface area contributed by atoms with Gasteiger partial charge in [0.15, 0.2) is 0 Å². The molecule has 0 aromatic carbocycles. The van der Waals surface area contributed by atoms with Crippen LogP contribution in [0.25, 0.3) is 0 Å². The van der Waals surface area contributed by atoms with Crippen molar-refractivity contribution < 1.29 is 22.7 Å². The molecule has 1 aromatic heterocycles. The SMILES string of the molecule is O=C1C=C(Oc2cc(Cl)nc(C(F)(F)F)n2)CCN1. The number of halogens is 4. The van der Waals surface area contributed by atoms with Crippen molar-refractivity contribution in [2.45, 2.75) is 12.6 Å². The van der Waals surface area contributed by atoms with E-state index >= 15 is 0 Å². The summed E-state index contributed by atoms with van der Waals surface area (Å²) >= 11 is 5.47. The molecule has 0 radical (unpaired) electrons. The summed E-state index contributed by atoms with van der Waals surface area (Å²) < 4.78 is 42.5. The highest BCUT2D eigenvalue weighted by atomic mass is 35.5. The molecule has 2 rings (SSSR count). The molecule has 1 amide bonds. The summed E-state index contributed by atoms with van der Waals surface area (Å²) in [6.07, 6.45) is -3.22. The largest absolute Gasteiger partial charge is 0.451 e. The summed E-state index contributed by atoms with van der Waals surface area (Å²) in [7, 11) is 0. The van der Waals surface area contributed by atoms with Gasteiger partial charge in [-0.1, -0.05) is 11.6 Å². The monoisotopic (exact) mass is 293 g/mol. The highest BCUT2D eigenvalue weighted by Gasteiger charge is 2.35. The van der Waals surface area contributed by atoms with Gasteiger partial charge in [0.05, 0.1) is 0 Å². The zero-order chi connectivity index (χ0) is 14.0. The van der Waals surface area contributed by atoms with E-state index in [4.69, 9.17) is 16.3 Å². The molecule has 0 aliphatic carbocycles. The molecule has 0 saturated carbocycles. The number of ether oxygens (including phenoxy) is 1. The number of rotatable bonds is 2. The fourth-order valence-corrected chi connectivity index (χ4v) is 1.54. The Hall–Kier alpha value is -1.83. The quantitative estimate of drug-likeness (QED) is 0.846. The Labute approximate surface area is 110 Å². The molecule has 0 bridgehead atoms. The van der Waals surface area contributed by atoms with Crippen molar-refractivity contribution >= 4 is 17.5 Å². The Morgan fingerprint density at radius 3 is 2.74 bits per heavy atom. The summed E-state index contributed by atoms with van der Waals surface area (Å²) in [5.74, 6) is -1.91. The number of alkyl halides is 3. The summed E-state index contributed by atoms with van der Waals surface area (Å²) in [6.45, 7) is 0.343. The van der Waals surface area contributed by atoms with Gasteiger partial charge >= 0.3 is 6.18 Å². The van der Waals surface area contributed by atoms with Crippen LogP contribution in [0.5, 0.6) is 5.88 Å². The highest BCUT2D eigenvalue weighted by molar-refractivity contribution is 6.29. The number of carbonyl (C=O) groups excluding carboxylic acids is 1. The minimum Gasteiger partial charge on any atom is -0.443 e. The lowest BCUT2D eigenvalue weighted by molar-refractivity contribution is -0.145. The van der Waals surface area contributed by atoms with Crippen molar-refractivity contribution in [1.29, 1.82) is 0 Å². The first-order valence-electron chi connectivity index (χ1n) is 5.12. The lowest BCUT2D eigenvalue weighted by Gasteiger charge is -2.14. The van der Waals surface area contributed by atoms with Crippen LogP contribution in [0.2, 0.25) is 5.15 Å². The van der Waals surface area contributed by atoms with Gasteiger partial charge in [0.2, 0.25) is 17.6 Å². The van der Waals surface area contributed by atoms with Gasteiger partial charge < -0.3 is 10.1 Å². The van der Waals surface area contributed by atoms with Crippen LogP contribution in [0.1, 0.15) is 12.2 Å². The Kier molecular flexibility index (Phi) is 3.61. The van der Waals surface area contributed by atoms with E-state index in [1.807, 2.05) is 0 Å².